The topological polar surface area (TPSA) is 66.4 Å². The number of benzene rings is 2. The van der Waals surface area contributed by atoms with Gasteiger partial charge < -0.3 is 10.4 Å². The van der Waals surface area contributed by atoms with Crippen molar-refractivity contribution in [3.63, 3.8) is 0 Å². The number of hydrogen-bond acceptors (Lipinski definition) is 2. The quantitative estimate of drug-likeness (QED) is 0.808. The van der Waals surface area contributed by atoms with Gasteiger partial charge in [0, 0.05) is 15.7 Å². The van der Waals surface area contributed by atoms with Gasteiger partial charge in [0.25, 0.3) is 0 Å². The van der Waals surface area contributed by atoms with Crippen molar-refractivity contribution in [2.45, 2.75) is 12.8 Å². The Morgan fingerprint density at radius 1 is 1.09 bits per heavy atom. The zero-order valence-corrected chi connectivity index (χ0v) is 13.2. The molecular weight excluding hydrogens is 325 g/mol. The molecule has 0 bridgehead atoms. The monoisotopic (exact) mass is 337 g/mol. The molecule has 2 aromatic rings. The maximum Gasteiger partial charge on any atom is 0.335 e. The van der Waals surface area contributed by atoms with Gasteiger partial charge in [0.2, 0.25) is 5.91 Å². The molecule has 6 heteroatoms. The van der Waals surface area contributed by atoms with Crippen molar-refractivity contribution < 1.29 is 14.7 Å². The number of carboxylic acid groups (broad SMARTS) is 1. The van der Waals surface area contributed by atoms with Crippen LogP contribution in [-0.2, 0) is 4.79 Å². The van der Waals surface area contributed by atoms with E-state index in [2.05, 4.69) is 5.32 Å². The molecule has 3 rings (SSSR count). The molecule has 1 atom stereocenters. The third kappa shape index (κ3) is 3.78. The van der Waals surface area contributed by atoms with Crippen LogP contribution in [0.4, 0.5) is 5.69 Å². The van der Waals surface area contributed by atoms with Gasteiger partial charge in [0.1, 0.15) is 0 Å². The Balaban J connectivity index is 0.000000164. The van der Waals surface area contributed by atoms with Crippen LogP contribution in [0.15, 0.2) is 42.5 Å². The molecule has 1 unspecified atom stereocenters. The van der Waals surface area contributed by atoms with Gasteiger partial charge in [-0.3, -0.25) is 4.79 Å². The second-order valence-corrected chi connectivity index (χ2v) is 5.63. The molecule has 1 aliphatic heterocycles. The molecule has 0 saturated carbocycles. The van der Waals surface area contributed by atoms with Crippen LogP contribution in [0.5, 0.6) is 0 Å². The van der Waals surface area contributed by atoms with Gasteiger partial charge >= 0.3 is 5.97 Å². The molecule has 1 heterocycles. The fourth-order valence-electron chi connectivity index (χ4n) is 1.98. The minimum Gasteiger partial charge on any atom is -0.478 e. The third-order valence-corrected chi connectivity index (χ3v) is 3.71. The lowest BCUT2D eigenvalue weighted by molar-refractivity contribution is -0.116. The number of aromatic carboxylic acids is 1. The molecule has 2 N–H and O–H groups in total. The Bertz CT molecular complexity index is 714. The fourth-order valence-corrected chi connectivity index (χ4v) is 2.29. The summed E-state index contributed by atoms with van der Waals surface area (Å²) in [5, 5.41) is 12.4. The molecular formula is C16H13Cl2NO3. The molecule has 0 aliphatic carbocycles. The summed E-state index contributed by atoms with van der Waals surface area (Å²) in [6.07, 6.45) is 0. The third-order valence-electron chi connectivity index (χ3n) is 3.22. The number of carbonyl (C=O) groups is 2. The number of fused-ring (bicyclic) bond motifs is 1. The van der Waals surface area contributed by atoms with Crippen LogP contribution in [0, 0.1) is 0 Å². The highest BCUT2D eigenvalue weighted by Gasteiger charge is 2.25. The van der Waals surface area contributed by atoms with Crippen molar-refractivity contribution in [3.05, 3.63) is 63.6 Å². The van der Waals surface area contributed by atoms with Gasteiger partial charge in [0.15, 0.2) is 0 Å². The van der Waals surface area contributed by atoms with Gasteiger partial charge in [-0.05, 0) is 55.0 Å². The molecule has 0 saturated heterocycles. The maximum atomic E-state index is 11.2. The molecule has 22 heavy (non-hydrogen) atoms. The van der Waals surface area contributed by atoms with Crippen molar-refractivity contribution in [2.75, 3.05) is 5.32 Å². The zero-order chi connectivity index (χ0) is 16.3. The number of anilines is 1. The number of hydrogen-bond donors (Lipinski definition) is 2. The molecule has 0 spiro atoms. The first-order valence-corrected chi connectivity index (χ1v) is 7.23. The van der Waals surface area contributed by atoms with Crippen LogP contribution >= 0.6 is 23.2 Å². The van der Waals surface area contributed by atoms with E-state index < -0.39 is 5.97 Å². The fraction of sp³-hybridized carbons (Fsp3) is 0.125. The van der Waals surface area contributed by atoms with Crippen LogP contribution in [0.3, 0.4) is 0 Å². The van der Waals surface area contributed by atoms with Gasteiger partial charge in [-0.1, -0.05) is 23.2 Å². The van der Waals surface area contributed by atoms with Crippen molar-refractivity contribution in [1.29, 1.82) is 0 Å². The van der Waals surface area contributed by atoms with Crippen molar-refractivity contribution in [3.8, 4) is 0 Å². The van der Waals surface area contributed by atoms with E-state index in [0.29, 0.717) is 10.0 Å². The first-order chi connectivity index (χ1) is 10.4. The summed E-state index contributed by atoms with van der Waals surface area (Å²) in [7, 11) is 0. The second kappa shape index (κ2) is 6.81. The first kappa shape index (κ1) is 16.3. The Kier molecular flexibility index (Phi) is 5.06. The molecule has 114 valence electrons. The van der Waals surface area contributed by atoms with Crippen LogP contribution in [-0.4, -0.2) is 17.0 Å². The predicted octanol–water partition coefficient (Wildman–Crippen LogP) is 4.43. The van der Waals surface area contributed by atoms with Gasteiger partial charge in [-0.15, -0.1) is 0 Å². The summed E-state index contributed by atoms with van der Waals surface area (Å²) < 4.78 is 0. The summed E-state index contributed by atoms with van der Waals surface area (Å²) in [6, 6.07) is 11.5. The molecule has 0 fully saturated rings. The number of amides is 1. The summed E-state index contributed by atoms with van der Waals surface area (Å²) >= 11 is 11.3. The predicted molar refractivity (Wildman–Crippen MR) is 86.9 cm³/mol. The summed E-state index contributed by atoms with van der Waals surface area (Å²) in [4.78, 5) is 21.5. The molecule has 0 radical (unpaired) electrons. The SMILES string of the molecule is CC1C(=O)Nc2ccc(Cl)cc21.O=C(O)c1ccc(Cl)cc1. The lowest BCUT2D eigenvalue weighted by atomic mass is 10.0. The van der Waals surface area contributed by atoms with E-state index in [0.717, 1.165) is 11.3 Å². The van der Waals surface area contributed by atoms with Crippen molar-refractivity contribution >= 4 is 40.8 Å². The van der Waals surface area contributed by atoms with E-state index in [1.54, 1.807) is 18.2 Å². The lowest BCUT2D eigenvalue weighted by Gasteiger charge is -1.99. The summed E-state index contributed by atoms with van der Waals surface area (Å²) in [6.45, 7) is 1.87. The molecule has 1 amide bonds. The van der Waals surface area contributed by atoms with E-state index in [4.69, 9.17) is 28.3 Å². The molecule has 1 aliphatic rings. The van der Waals surface area contributed by atoms with Gasteiger partial charge in [0.05, 0.1) is 11.5 Å². The minimum absolute atomic E-state index is 0.0484. The van der Waals surface area contributed by atoms with E-state index in [-0.39, 0.29) is 17.4 Å². The standard InChI is InChI=1S/C9H8ClNO.C7H5ClO2/c1-5-7-4-6(10)2-3-8(7)11-9(5)12;8-6-3-1-5(2-4-6)7(9)10/h2-5H,1H3,(H,11,12);1-4H,(H,9,10). The first-order valence-electron chi connectivity index (χ1n) is 6.47. The Labute approximate surface area is 137 Å². The summed E-state index contributed by atoms with van der Waals surface area (Å²) in [5.41, 5.74) is 2.13. The highest BCUT2D eigenvalue weighted by atomic mass is 35.5. The maximum absolute atomic E-state index is 11.2. The number of halogens is 2. The minimum atomic E-state index is -0.934. The Hall–Kier alpha value is -2.04. The van der Waals surface area contributed by atoms with Crippen LogP contribution < -0.4 is 5.32 Å². The highest BCUT2D eigenvalue weighted by molar-refractivity contribution is 6.31. The smallest absolute Gasteiger partial charge is 0.335 e. The van der Waals surface area contributed by atoms with Crippen LogP contribution in [0.25, 0.3) is 0 Å². The van der Waals surface area contributed by atoms with E-state index >= 15 is 0 Å². The molecule has 2 aromatic carbocycles. The number of nitrogens with one attached hydrogen (secondary N) is 1. The zero-order valence-electron chi connectivity index (χ0n) is 11.6. The average molecular weight is 338 g/mol. The number of carboxylic acids is 1. The van der Waals surface area contributed by atoms with Crippen molar-refractivity contribution in [2.24, 2.45) is 0 Å². The second-order valence-electron chi connectivity index (χ2n) is 4.75. The number of carbonyl (C=O) groups excluding carboxylic acids is 1. The average Bonchev–Trinajstić information content (AvgIpc) is 2.76. The van der Waals surface area contributed by atoms with Crippen LogP contribution in [0.2, 0.25) is 10.0 Å². The summed E-state index contributed by atoms with van der Waals surface area (Å²) in [5.74, 6) is -0.956. The Morgan fingerprint density at radius 2 is 1.68 bits per heavy atom. The van der Waals surface area contributed by atoms with E-state index in [1.807, 2.05) is 19.1 Å². The Morgan fingerprint density at radius 3 is 2.27 bits per heavy atom. The molecule has 0 aromatic heterocycles. The van der Waals surface area contributed by atoms with Crippen molar-refractivity contribution in [1.82, 2.24) is 0 Å². The van der Waals surface area contributed by atoms with Crippen LogP contribution in [0.1, 0.15) is 28.8 Å². The van der Waals surface area contributed by atoms with E-state index in [9.17, 15) is 9.59 Å². The highest BCUT2D eigenvalue weighted by Crippen LogP contribution is 2.33. The molecule has 4 nitrogen and oxygen atoms in total. The van der Waals surface area contributed by atoms with Gasteiger partial charge in [-0.2, -0.15) is 0 Å². The largest absolute Gasteiger partial charge is 0.478 e. The van der Waals surface area contributed by atoms with Gasteiger partial charge in [-0.25, -0.2) is 4.79 Å². The van der Waals surface area contributed by atoms with E-state index in [1.165, 1.54) is 12.1 Å². The normalized spacial score (nSPS) is 15.4. The lowest BCUT2D eigenvalue weighted by Crippen LogP contribution is -2.08. The number of rotatable bonds is 1.